The van der Waals surface area contributed by atoms with Crippen LogP contribution in [0.1, 0.15) is 45.8 Å². The van der Waals surface area contributed by atoms with Crippen molar-refractivity contribution in [1.29, 1.82) is 0 Å². The van der Waals surface area contributed by atoms with Crippen molar-refractivity contribution >= 4 is 12.0 Å². The number of piperidine rings is 1. The van der Waals surface area contributed by atoms with E-state index in [1.54, 1.807) is 0 Å². The summed E-state index contributed by atoms with van der Waals surface area (Å²) in [6.45, 7) is -0.311. The zero-order valence-electron chi connectivity index (χ0n) is 18.3. The molecule has 36 heavy (non-hydrogen) atoms. The van der Waals surface area contributed by atoms with Crippen molar-refractivity contribution in [2.24, 2.45) is 0 Å². The Bertz CT molecular complexity index is 1150. The first-order valence-corrected chi connectivity index (χ1v) is 10.7. The highest BCUT2D eigenvalue weighted by atomic mass is 19.4. The lowest BCUT2D eigenvalue weighted by Crippen LogP contribution is -2.58. The Kier molecular flexibility index (Phi) is 6.38. The Balaban J connectivity index is 1.59. The fraction of sp³-hybridized carbons (Fsp3) is 0.391. The van der Waals surface area contributed by atoms with E-state index in [0.29, 0.717) is 17.7 Å². The molecule has 0 radical (unpaired) electrons. The molecular weight excluding hydrogens is 504 g/mol. The van der Waals surface area contributed by atoms with E-state index < -0.39 is 64.2 Å². The largest absolute Gasteiger partial charge is 0.442 e. The van der Waals surface area contributed by atoms with Gasteiger partial charge >= 0.3 is 18.4 Å². The van der Waals surface area contributed by atoms with Gasteiger partial charge in [-0.25, -0.2) is 13.6 Å². The summed E-state index contributed by atoms with van der Waals surface area (Å²) < 4.78 is 112. The minimum atomic E-state index is -5.11. The van der Waals surface area contributed by atoms with Crippen LogP contribution in [0.3, 0.4) is 0 Å². The number of nitrogens with one attached hydrogen (secondary N) is 1. The maximum Gasteiger partial charge on any atom is 0.416 e. The predicted molar refractivity (Wildman–Crippen MR) is 108 cm³/mol. The number of hydrogen-bond donors (Lipinski definition) is 1. The molecule has 2 saturated heterocycles. The monoisotopic (exact) mass is 522 g/mol. The first-order chi connectivity index (χ1) is 16.7. The average Bonchev–Trinajstić information content (AvgIpc) is 2.80. The van der Waals surface area contributed by atoms with Gasteiger partial charge in [0.2, 0.25) is 0 Å². The highest BCUT2D eigenvalue weighted by Gasteiger charge is 2.49. The second-order valence-electron chi connectivity index (χ2n) is 8.65. The van der Waals surface area contributed by atoms with Crippen molar-refractivity contribution in [2.75, 3.05) is 19.6 Å². The molecule has 2 heterocycles. The number of carbonyl (C=O) groups excluding carboxylic acids is 2. The molecule has 0 bridgehead atoms. The van der Waals surface area contributed by atoms with Gasteiger partial charge in [0, 0.05) is 44.0 Å². The summed E-state index contributed by atoms with van der Waals surface area (Å²) in [5.74, 6) is -3.88. The van der Waals surface area contributed by atoms with Crippen molar-refractivity contribution in [3.63, 3.8) is 0 Å². The number of ether oxygens (including phenoxy) is 1. The van der Waals surface area contributed by atoms with Crippen molar-refractivity contribution in [3.8, 4) is 0 Å². The molecule has 2 aliphatic heterocycles. The van der Waals surface area contributed by atoms with E-state index in [-0.39, 0.29) is 38.5 Å². The fourth-order valence-electron chi connectivity index (χ4n) is 4.61. The Morgan fingerprint density at radius 2 is 1.50 bits per heavy atom. The topological polar surface area (TPSA) is 58.6 Å². The van der Waals surface area contributed by atoms with Crippen LogP contribution in [-0.2, 0) is 17.1 Å². The molecule has 2 aliphatic rings. The summed E-state index contributed by atoms with van der Waals surface area (Å²) in [5, 5.41) is 2.47. The second-order valence-corrected chi connectivity index (χ2v) is 8.65. The molecule has 0 aliphatic carbocycles. The highest BCUT2D eigenvalue weighted by Crippen LogP contribution is 2.43. The molecule has 194 valence electrons. The highest BCUT2D eigenvalue weighted by molar-refractivity contribution is 5.94. The van der Waals surface area contributed by atoms with E-state index in [1.807, 2.05) is 0 Å². The summed E-state index contributed by atoms with van der Waals surface area (Å²) in [4.78, 5) is 25.9. The van der Waals surface area contributed by atoms with Gasteiger partial charge in [-0.1, -0.05) is 6.07 Å². The van der Waals surface area contributed by atoms with Crippen molar-refractivity contribution in [1.82, 2.24) is 10.2 Å². The van der Waals surface area contributed by atoms with Gasteiger partial charge in [-0.15, -0.1) is 0 Å². The number of amides is 2. The quantitative estimate of drug-likeness (QED) is 0.530. The molecule has 0 aromatic heterocycles. The summed E-state index contributed by atoms with van der Waals surface area (Å²) in [6.07, 6.45) is -11.0. The van der Waals surface area contributed by atoms with E-state index >= 15 is 0 Å². The third-order valence-corrected chi connectivity index (χ3v) is 6.46. The molecule has 2 aromatic rings. The summed E-state index contributed by atoms with van der Waals surface area (Å²) >= 11 is 0. The summed E-state index contributed by atoms with van der Waals surface area (Å²) in [5.41, 5.74) is -4.93. The Labute approximate surface area is 199 Å². The molecule has 0 unspecified atom stereocenters. The third-order valence-electron chi connectivity index (χ3n) is 6.46. The molecule has 4 rings (SSSR count). The lowest BCUT2D eigenvalue weighted by molar-refractivity contribution is -0.143. The number of alkyl halides is 6. The van der Waals surface area contributed by atoms with Crippen LogP contribution in [0, 0.1) is 11.6 Å². The van der Waals surface area contributed by atoms with E-state index in [2.05, 4.69) is 5.32 Å². The SMILES string of the molecule is O=C1NC[C@H](c2ccc(F)c(F)c2)C2(CCN(C(=O)c3cc(C(F)(F)F)cc(C(F)(F)F)c3)CC2)O1. The zero-order valence-corrected chi connectivity index (χ0v) is 18.3. The molecule has 5 nitrogen and oxygen atoms in total. The number of likely N-dealkylation sites (tertiary alicyclic amines) is 1. The van der Waals surface area contributed by atoms with Crippen LogP contribution in [0.15, 0.2) is 36.4 Å². The number of carbonyl (C=O) groups is 2. The number of alkyl carbamates (subject to hydrolysis) is 1. The minimum Gasteiger partial charge on any atom is -0.442 e. The molecule has 2 aromatic carbocycles. The molecule has 1 atom stereocenters. The maximum atomic E-state index is 13.8. The van der Waals surface area contributed by atoms with Crippen LogP contribution in [0.4, 0.5) is 39.9 Å². The number of hydrogen-bond acceptors (Lipinski definition) is 3. The Hall–Kier alpha value is -3.38. The average molecular weight is 522 g/mol. The van der Waals surface area contributed by atoms with E-state index in [4.69, 9.17) is 4.74 Å². The van der Waals surface area contributed by atoms with E-state index in [9.17, 15) is 44.7 Å². The smallest absolute Gasteiger partial charge is 0.416 e. The van der Waals surface area contributed by atoms with Gasteiger partial charge in [-0.05, 0) is 35.9 Å². The van der Waals surface area contributed by atoms with Gasteiger partial charge in [0.1, 0.15) is 5.60 Å². The lowest BCUT2D eigenvalue weighted by atomic mass is 9.74. The zero-order chi connectivity index (χ0) is 26.5. The lowest BCUT2D eigenvalue weighted by Gasteiger charge is -2.48. The fourth-order valence-corrected chi connectivity index (χ4v) is 4.61. The Morgan fingerprint density at radius 3 is 2.03 bits per heavy atom. The summed E-state index contributed by atoms with van der Waals surface area (Å²) in [6, 6.07) is 3.85. The van der Waals surface area contributed by atoms with Crippen molar-refractivity contribution < 1.29 is 49.4 Å². The first-order valence-electron chi connectivity index (χ1n) is 10.7. The van der Waals surface area contributed by atoms with Gasteiger partial charge in [-0.3, -0.25) is 4.79 Å². The summed E-state index contributed by atoms with van der Waals surface area (Å²) in [7, 11) is 0. The molecular formula is C23H18F8N2O3. The molecule has 0 saturated carbocycles. The van der Waals surface area contributed by atoms with Crippen molar-refractivity contribution in [3.05, 3.63) is 70.3 Å². The van der Waals surface area contributed by atoms with E-state index in [1.165, 1.54) is 6.07 Å². The molecule has 1 N–H and O–H groups in total. The van der Waals surface area contributed by atoms with Crippen LogP contribution in [-0.4, -0.2) is 42.1 Å². The number of nitrogens with zero attached hydrogens (tertiary/aromatic N) is 1. The predicted octanol–water partition coefficient (Wildman–Crippen LogP) is 5.50. The van der Waals surface area contributed by atoms with Gasteiger partial charge < -0.3 is 15.0 Å². The normalized spacial score (nSPS) is 20.2. The van der Waals surface area contributed by atoms with Crippen LogP contribution >= 0.6 is 0 Å². The van der Waals surface area contributed by atoms with Crippen LogP contribution in [0.5, 0.6) is 0 Å². The Morgan fingerprint density at radius 1 is 0.917 bits per heavy atom. The second kappa shape index (κ2) is 8.93. The van der Waals surface area contributed by atoms with Gasteiger partial charge in [0.25, 0.3) is 5.91 Å². The number of halogens is 8. The molecule has 1 spiro atoms. The number of rotatable bonds is 2. The number of benzene rings is 2. The standard InChI is InChI=1S/C23H18F8N2O3/c24-17-2-1-12(9-18(17)25)16-11-32-20(35)36-21(16)3-5-33(6-4-21)19(34)13-7-14(22(26,27)28)10-15(8-13)23(29,30)31/h1-2,7-10,16H,3-6,11H2,(H,32,35)/t16-/m1/s1. The van der Waals surface area contributed by atoms with Crippen LogP contribution in [0.25, 0.3) is 0 Å². The third kappa shape index (κ3) is 4.96. The van der Waals surface area contributed by atoms with Crippen molar-refractivity contribution in [2.45, 2.75) is 36.7 Å². The first kappa shape index (κ1) is 25.7. The molecule has 2 amide bonds. The van der Waals surface area contributed by atoms with Gasteiger partial charge in [0.15, 0.2) is 11.6 Å². The van der Waals surface area contributed by atoms with Crippen LogP contribution in [0.2, 0.25) is 0 Å². The molecule has 13 heteroatoms. The van der Waals surface area contributed by atoms with E-state index in [0.717, 1.165) is 17.0 Å². The maximum absolute atomic E-state index is 13.8. The van der Waals surface area contributed by atoms with Gasteiger partial charge in [-0.2, -0.15) is 26.3 Å². The minimum absolute atomic E-state index is 0.0143. The van der Waals surface area contributed by atoms with Crippen LogP contribution < -0.4 is 5.32 Å². The molecule has 2 fully saturated rings. The van der Waals surface area contributed by atoms with Gasteiger partial charge in [0.05, 0.1) is 11.1 Å².